The Morgan fingerprint density at radius 3 is 2.65 bits per heavy atom. The summed E-state index contributed by atoms with van der Waals surface area (Å²) in [7, 11) is 0. The number of benzene rings is 2. The first-order valence-electron chi connectivity index (χ1n) is 6.53. The summed E-state index contributed by atoms with van der Waals surface area (Å²) >= 11 is 0. The molecule has 0 amide bonds. The lowest BCUT2D eigenvalue weighted by atomic mass is 10.0. The molecule has 20 heavy (non-hydrogen) atoms. The zero-order chi connectivity index (χ0) is 14.5. The lowest BCUT2D eigenvalue weighted by Crippen LogP contribution is -2.11. The van der Waals surface area contributed by atoms with E-state index >= 15 is 0 Å². The van der Waals surface area contributed by atoms with E-state index in [1.165, 1.54) is 0 Å². The second-order valence-electron chi connectivity index (χ2n) is 4.58. The Kier molecular flexibility index (Phi) is 4.69. The Morgan fingerprint density at radius 2 is 1.90 bits per heavy atom. The van der Waals surface area contributed by atoms with Crippen LogP contribution in [0.25, 0.3) is 0 Å². The Balaban J connectivity index is 2.17. The molecule has 0 radical (unpaired) electrons. The first-order chi connectivity index (χ1) is 9.61. The van der Waals surface area contributed by atoms with Gasteiger partial charge in [0.1, 0.15) is 24.0 Å². The molecule has 2 aromatic carbocycles. The van der Waals surface area contributed by atoms with Gasteiger partial charge in [-0.3, -0.25) is 0 Å². The molecule has 2 rings (SSSR count). The molecule has 0 aliphatic heterocycles. The Morgan fingerprint density at radius 1 is 1.15 bits per heavy atom. The van der Waals surface area contributed by atoms with Crippen molar-refractivity contribution in [1.82, 2.24) is 0 Å². The average molecular weight is 277 g/mol. The summed E-state index contributed by atoms with van der Waals surface area (Å²) in [5.41, 5.74) is 7.06. The highest BCUT2D eigenvalue weighted by Gasteiger charge is 2.11. The Bertz CT molecular complexity index is 586. The fraction of sp³-hybridized carbons (Fsp3) is 0.250. The summed E-state index contributed by atoms with van der Waals surface area (Å²) in [4.78, 5) is 0. The second kappa shape index (κ2) is 6.48. The third kappa shape index (κ3) is 3.33. The lowest BCUT2D eigenvalue weighted by molar-refractivity contribution is 0.294. The molecule has 0 aliphatic carbocycles. The molecule has 0 saturated carbocycles. The maximum absolute atomic E-state index is 13.5. The second-order valence-corrected chi connectivity index (χ2v) is 4.58. The van der Waals surface area contributed by atoms with Gasteiger partial charge < -0.3 is 10.5 Å². The van der Waals surface area contributed by atoms with Gasteiger partial charge in [-0.25, -0.2) is 8.78 Å². The number of nitrogens with two attached hydrogens (primary N) is 1. The van der Waals surface area contributed by atoms with Crippen molar-refractivity contribution >= 4 is 0 Å². The average Bonchev–Trinajstić information content (AvgIpc) is 2.47. The highest BCUT2D eigenvalue weighted by Crippen LogP contribution is 2.26. The zero-order valence-corrected chi connectivity index (χ0v) is 11.3. The standard InChI is InChI=1S/C16H17F2NO/c1-2-15(19)13-5-3-4-6-16(13)20-10-11-9-12(17)7-8-14(11)18/h3-9,15H,2,10,19H2,1H3/t15-/m0/s1. The van der Waals surface area contributed by atoms with Crippen LogP contribution in [0.2, 0.25) is 0 Å². The molecule has 2 N–H and O–H groups in total. The van der Waals surface area contributed by atoms with Gasteiger partial charge in [0.2, 0.25) is 0 Å². The molecule has 0 unspecified atom stereocenters. The van der Waals surface area contributed by atoms with Crippen LogP contribution in [0.4, 0.5) is 8.78 Å². The molecule has 106 valence electrons. The molecule has 2 nitrogen and oxygen atoms in total. The molecule has 4 heteroatoms. The van der Waals surface area contributed by atoms with Crippen LogP contribution in [0.5, 0.6) is 5.75 Å². The van der Waals surface area contributed by atoms with Crippen molar-refractivity contribution in [3.8, 4) is 5.75 Å². The normalized spacial score (nSPS) is 12.2. The lowest BCUT2D eigenvalue weighted by Gasteiger charge is -2.15. The van der Waals surface area contributed by atoms with Crippen LogP contribution in [0.15, 0.2) is 42.5 Å². The largest absolute Gasteiger partial charge is 0.488 e. The minimum Gasteiger partial charge on any atom is -0.488 e. The molecular formula is C16H17F2NO. The highest BCUT2D eigenvalue weighted by molar-refractivity contribution is 5.36. The van der Waals surface area contributed by atoms with Crippen LogP contribution < -0.4 is 10.5 Å². The monoisotopic (exact) mass is 277 g/mol. The summed E-state index contributed by atoms with van der Waals surface area (Å²) < 4.78 is 32.2. The van der Waals surface area contributed by atoms with Crippen molar-refractivity contribution in [2.24, 2.45) is 5.73 Å². The van der Waals surface area contributed by atoms with Gasteiger partial charge in [0, 0.05) is 17.2 Å². The molecule has 0 fully saturated rings. The smallest absolute Gasteiger partial charge is 0.130 e. The van der Waals surface area contributed by atoms with Crippen molar-refractivity contribution in [1.29, 1.82) is 0 Å². The molecular weight excluding hydrogens is 260 g/mol. The Hall–Kier alpha value is -1.94. The highest BCUT2D eigenvalue weighted by atomic mass is 19.1. The van der Waals surface area contributed by atoms with Crippen LogP contribution in [0.3, 0.4) is 0 Å². The number of hydrogen-bond donors (Lipinski definition) is 1. The summed E-state index contributed by atoms with van der Waals surface area (Å²) in [5.74, 6) is -0.363. The minimum absolute atomic E-state index is 0.0307. The SMILES string of the molecule is CC[C@H](N)c1ccccc1OCc1cc(F)ccc1F. The van der Waals surface area contributed by atoms with Crippen molar-refractivity contribution < 1.29 is 13.5 Å². The predicted octanol–water partition coefficient (Wildman–Crippen LogP) is 3.95. The number of hydrogen-bond acceptors (Lipinski definition) is 2. The maximum atomic E-state index is 13.5. The molecule has 0 saturated heterocycles. The van der Waals surface area contributed by atoms with E-state index in [4.69, 9.17) is 10.5 Å². The molecule has 0 spiro atoms. The van der Waals surface area contributed by atoms with Crippen LogP contribution >= 0.6 is 0 Å². The van der Waals surface area contributed by atoms with E-state index in [0.29, 0.717) is 5.75 Å². The molecule has 0 aliphatic rings. The van der Waals surface area contributed by atoms with E-state index in [0.717, 1.165) is 30.2 Å². The van der Waals surface area contributed by atoms with Crippen molar-refractivity contribution in [3.63, 3.8) is 0 Å². The minimum atomic E-state index is -0.483. The topological polar surface area (TPSA) is 35.2 Å². The first kappa shape index (κ1) is 14.5. The number of para-hydroxylation sites is 1. The van der Waals surface area contributed by atoms with Gasteiger partial charge in [-0.1, -0.05) is 25.1 Å². The third-order valence-electron chi connectivity index (χ3n) is 3.15. The maximum Gasteiger partial charge on any atom is 0.130 e. The fourth-order valence-corrected chi connectivity index (χ4v) is 1.95. The van der Waals surface area contributed by atoms with Crippen LogP contribution in [0, 0.1) is 11.6 Å². The summed E-state index contributed by atoms with van der Waals surface area (Å²) in [6, 6.07) is 10.5. The molecule has 1 atom stereocenters. The summed E-state index contributed by atoms with van der Waals surface area (Å²) in [6.07, 6.45) is 0.773. The van der Waals surface area contributed by atoms with Crippen molar-refractivity contribution in [2.75, 3.05) is 0 Å². The van der Waals surface area contributed by atoms with Crippen LogP contribution in [-0.4, -0.2) is 0 Å². The van der Waals surface area contributed by atoms with E-state index in [2.05, 4.69) is 0 Å². The zero-order valence-electron chi connectivity index (χ0n) is 11.3. The predicted molar refractivity (Wildman–Crippen MR) is 74.4 cm³/mol. The van der Waals surface area contributed by atoms with Gasteiger partial charge in [-0.2, -0.15) is 0 Å². The summed E-state index contributed by atoms with van der Waals surface area (Å²) in [5, 5.41) is 0. The molecule has 0 aromatic heterocycles. The van der Waals surface area contributed by atoms with Gasteiger partial charge in [-0.15, -0.1) is 0 Å². The number of ether oxygens (including phenoxy) is 1. The molecule has 2 aromatic rings. The van der Waals surface area contributed by atoms with Gasteiger partial charge in [0.25, 0.3) is 0 Å². The Labute approximate surface area is 117 Å². The summed E-state index contributed by atoms with van der Waals surface area (Å²) in [6.45, 7) is 1.95. The van der Waals surface area contributed by atoms with E-state index in [1.807, 2.05) is 25.1 Å². The van der Waals surface area contributed by atoms with Crippen molar-refractivity contribution in [2.45, 2.75) is 26.0 Å². The van der Waals surface area contributed by atoms with E-state index in [-0.39, 0.29) is 18.2 Å². The van der Waals surface area contributed by atoms with E-state index in [9.17, 15) is 8.78 Å². The third-order valence-corrected chi connectivity index (χ3v) is 3.15. The molecule has 0 heterocycles. The quantitative estimate of drug-likeness (QED) is 0.898. The van der Waals surface area contributed by atoms with Gasteiger partial charge >= 0.3 is 0 Å². The first-order valence-corrected chi connectivity index (χ1v) is 6.53. The van der Waals surface area contributed by atoms with Gasteiger partial charge in [0.15, 0.2) is 0 Å². The van der Waals surface area contributed by atoms with E-state index < -0.39 is 11.6 Å². The van der Waals surface area contributed by atoms with Gasteiger partial charge in [-0.05, 0) is 30.7 Å². The van der Waals surface area contributed by atoms with Crippen molar-refractivity contribution in [3.05, 3.63) is 65.2 Å². The van der Waals surface area contributed by atoms with Gasteiger partial charge in [0.05, 0.1) is 0 Å². The van der Waals surface area contributed by atoms with Crippen LogP contribution in [-0.2, 0) is 6.61 Å². The molecule has 0 bridgehead atoms. The van der Waals surface area contributed by atoms with E-state index in [1.54, 1.807) is 6.07 Å². The fourth-order valence-electron chi connectivity index (χ4n) is 1.95. The number of rotatable bonds is 5. The number of halogens is 2. The van der Waals surface area contributed by atoms with Crippen LogP contribution in [0.1, 0.15) is 30.5 Å².